The first-order chi connectivity index (χ1) is 11.8. The summed E-state index contributed by atoms with van der Waals surface area (Å²) < 4.78 is 14.8. The second-order valence-electron chi connectivity index (χ2n) is 5.40. The molecule has 0 unspecified atom stereocenters. The largest absolute Gasteiger partial charge is 0.382 e. The molecule has 0 aliphatic carbocycles. The number of piperazine rings is 1. The third kappa shape index (κ3) is 7.19. The second kappa shape index (κ2) is 12.6. The highest BCUT2D eigenvalue weighted by atomic mass is 127. The standard InChI is InChI=1S/C15H28N6O2S.HI/c1-4-13-18-15(24-19-13)21-8-6-20(7-9-21)14(16-2)17-5-10-23-12-11-22-3;/h4-12H2,1-3H3,(H,16,17);1H. The van der Waals surface area contributed by atoms with E-state index < -0.39 is 0 Å². The number of aryl methyl sites for hydroxylation is 1. The van der Waals surface area contributed by atoms with Crippen LogP contribution in [0.25, 0.3) is 0 Å². The Balaban J connectivity index is 0.00000312. The van der Waals surface area contributed by atoms with E-state index in [9.17, 15) is 0 Å². The topological polar surface area (TPSA) is 75.1 Å². The lowest BCUT2D eigenvalue weighted by atomic mass is 10.3. The molecule has 1 fully saturated rings. The average Bonchev–Trinajstić information content (AvgIpc) is 3.11. The van der Waals surface area contributed by atoms with Crippen molar-refractivity contribution in [3.8, 4) is 0 Å². The SMILES string of the molecule is CCc1nsc(N2CCN(C(=NC)NCCOCCOC)CC2)n1.I. The van der Waals surface area contributed by atoms with E-state index in [4.69, 9.17) is 9.47 Å². The molecule has 1 saturated heterocycles. The van der Waals surface area contributed by atoms with Gasteiger partial charge >= 0.3 is 0 Å². The van der Waals surface area contributed by atoms with Gasteiger partial charge in [-0.3, -0.25) is 4.99 Å². The molecule has 0 aromatic carbocycles. The minimum absolute atomic E-state index is 0. The fourth-order valence-electron chi connectivity index (χ4n) is 2.44. The normalized spacial score (nSPS) is 15.2. The highest BCUT2D eigenvalue weighted by Gasteiger charge is 2.21. The molecule has 10 heteroatoms. The van der Waals surface area contributed by atoms with Gasteiger partial charge in [-0.1, -0.05) is 6.92 Å². The predicted molar refractivity (Wildman–Crippen MR) is 113 cm³/mol. The van der Waals surface area contributed by atoms with Crippen LogP contribution in [0.3, 0.4) is 0 Å². The Morgan fingerprint density at radius 2 is 2.00 bits per heavy atom. The molecule has 0 atom stereocenters. The van der Waals surface area contributed by atoms with Gasteiger partial charge in [0, 0.05) is 64.8 Å². The molecule has 2 rings (SSSR count). The van der Waals surface area contributed by atoms with Crippen LogP contribution in [0.1, 0.15) is 12.7 Å². The third-order valence-corrected chi connectivity index (χ3v) is 4.61. The number of hydrogen-bond acceptors (Lipinski definition) is 7. The summed E-state index contributed by atoms with van der Waals surface area (Å²) in [5, 5.41) is 4.38. The number of ether oxygens (including phenoxy) is 2. The lowest BCUT2D eigenvalue weighted by Gasteiger charge is -2.36. The second-order valence-corrected chi connectivity index (χ2v) is 6.13. The van der Waals surface area contributed by atoms with Crippen molar-refractivity contribution in [3.05, 3.63) is 5.82 Å². The van der Waals surface area contributed by atoms with Crippen molar-refractivity contribution in [2.75, 3.05) is 71.6 Å². The summed E-state index contributed by atoms with van der Waals surface area (Å²) >= 11 is 1.49. The molecule has 8 nitrogen and oxygen atoms in total. The third-order valence-electron chi connectivity index (χ3n) is 3.80. The maximum absolute atomic E-state index is 5.46. The first-order valence-electron chi connectivity index (χ1n) is 8.38. The fraction of sp³-hybridized carbons (Fsp3) is 0.800. The molecule has 0 bridgehead atoms. The predicted octanol–water partition coefficient (Wildman–Crippen LogP) is 1.08. The van der Waals surface area contributed by atoms with Gasteiger partial charge in [-0.25, -0.2) is 4.98 Å². The number of rotatable bonds is 8. The van der Waals surface area contributed by atoms with E-state index >= 15 is 0 Å². The summed E-state index contributed by atoms with van der Waals surface area (Å²) in [7, 11) is 3.49. The molecule has 2 heterocycles. The monoisotopic (exact) mass is 484 g/mol. The number of nitrogens with zero attached hydrogens (tertiary/aromatic N) is 5. The van der Waals surface area contributed by atoms with Crippen molar-refractivity contribution < 1.29 is 9.47 Å². The maximum atomic E-state index is 5.46. The van der Waals surface area contributed by atoms with Crippen molar-refractivity contribution >= 4 is 46.6 Å². The van der Waals surface area contributed by atoms with Crippen LogP contribution in [0, 0.1) is 0 Å². The van der Waals surface area contributed by atoms with Crippen LogP contribution in [-0.2, 0) is 15.9 Å². The molecule has 0 saturated carbocycles. The summed E-state index contributed by atoms with van der Waals surface area (Å²) in [6, 6.07) is 0. The number of guanidine groups is 1. The molecule has 1 aromatic rings. The molecule has 1 N–H and O–H groups in total. The molecule has 1 aromatic heterocycles. The number of aliphatic imine (C=N–C) groups is 1. The van der Waals surface area contributed by atoms with Crippen molar-refractivity contribution in [1.82, 2.24) is 19.6 Å². The summed E-state index contributed by atoms with van der Waals surface area (Å²) in [6.45, 7) is 8.43. The van der Waals surface area contributed by atoms with Crippen molar-refractivity contribution in [2.24, 2.45) is 4.99 Å². The zero-order valence-corrected chi connectivity index (χ0v) is 18.4. The number of aromatic nitrogens is 2. The quantitative estimate of drug-likeness (QED) is 0.256. The lowest BCUT2D eigenvalue weighted by Crippen LogP contribution is -2.53. The summed E-state index contributed by atoms with van der Waals surface area (Å²) in [5.41, 5.74) is 0. The Kier molecular flexibility index (Phi) is 11.3. The van der Waals surface area contributed by atoms with Crippen molar-refractivity contribution in [3.63, 3.8) is 0 Å². The van der Waals surface area contributed by atoms with Crippen LogP contribution in [0.4, 0.5) is 5.13 Å². The average molecular weight is 484 g/mol. The van der Waals surface area contributed by atoms with Gasteiger partial charge in [0.25, 0.3) is 0 Å². The maximum Gasteiger partial charge on any atom is 0.205 e. The fourth-order valence-corrected chi connectivity index (χ4v) is 3.24. The van der Waals surface area contributed by atoms with Gasteiger partial charge in [-0.05, 0) is 0 Å². The number of hydrogen-bond donors (Lipinski definition) is 1. The van der Waals surface area contributed by atoms with E-state index in [2.05, 4.69) is 36.4 Å². The minimum atomic E-state index is 0. The lowest BCUT2D eigenvalue weighted by molar-refractivity contribution is 0.0731. The Morgan fingerprint density at radius 3 is 2.60 bits per heavy atom. The van der Waals surface area contributed by atoms with E-state index in [1.165, 1.54) is 11.5 Å². The van der Waals surface area contributed by atoms with Crippen LogP contribution >= 0.6 is 35.5 Å². The Hall–Kier alpha value is -0.720. The van der Waals surface area contributed by atoms with Crippen LogP contribution in [-0.4, -0.2) is 86.9 Å². The summed E-state index contributed by atoms with van der Waals surface area (Å²) in [5.74, 6) is 1.86. The molecule has 25 heavy (non-hydrogen) atoms. The van der Waals surface area contributed by atoms with Crippen LogP contribution in [0.2, 0.25) is 0 Å². The Morgan fingerprint density at radius 1 is 1.24 bits per heavy atom. The number of halogens is 1. The van der Waals surface area contributed by atoms with Crippen LogP contribution < -0.4 is 10.2 Å². The Bertz CT molecular complexity index is 508. The van der Waals surface area contributed by atoms with E-state index in [0.29, 0.717) is 19.8 Å². The van der Waals surface area contributed by atoms with Gasteiger partial charge in [0.15, 0.2) is 5.96 Å². The van der Waals surface area contributed by atoms with Gasteiger partial charge in [0.05, 0.1) is 19.8 Å². The summed E-state index contributed by atoms with van der Waals surface area (Å²) in [6.07, 6.45) is 0.888. The van der Waals surface area contributed by atoms with E-state index in [1.54, 1.807) is 7.11 Å². The molecule has 0 radical (unpaired) electrons. The van der Waals surface area contributed by atoms with Crippen molar-refractivity contribution in [1.29, 1.82) is 0 Å². The number of nitrogens with one attached hydrogen (secondary N) is 1. The molecule has 0 spiro atoms. The van der Waals surface area contributed by atoms with Crippen LogP contribution in [0.15, 0.2) is 4.99 Å². The molecule has 144 valence electrons. The first kappa shape index (κ1) is 22.3. The number of methoxy groups -OCH3 is 1. The molecular formula is C15H29IN6O2S. The zero-order chi connectivity index (χ0) is 17.2. The first-order valence-corrected chi connectivity index (χ1v) is 9.15. The molecule has 1 aliphatic rings. The molecule has 0 amide bonds. The van der Waals surface area contributed by atoms with Crippen LogP contribution in [0.5, 0.6) is 0 Å². The van der Waals surface area contributed by atoms with Gasteiger partial charge in [-0.2, -0.15) is 4.37 Å². The minimum Gasteiger partial charge on any atom is -0.382 e. The van der Waals surface area contributed by atoms with Gasteiger partial charge in [0.1, 0.15) is 5.82 Å². The van der Waals surface area contributed by atoms with E-state index in [1.807, 2.05) is 7.05 Å². The highest BCUT2D eigenvalue weighted by Crippen LogP contribution is 2.19. The smallest absolute Gasteiger partial charge is 0.205 e. The van der Waals surface area contributed by atoms with E-state index in [-0.39, 0.29) is 24.0 Å². The van der Waals surface area contributed by atoms with Gasteiger partial charge < -0.3 is 24.6 Å². The van der Waals surface area contributed by atoms with Crippen molar-refractivity contribution in [2.45, 2.75) is 13.3 Å². The highest BCUT2D eigenvalue weighted by molar-refractivity contribution is 14.0. The van der Waals surface area contributed by atoms with Gasteiger partial charge in [-0.15, -0.1) is 24.0 Å². The summed E-state index contributed by atoms with van der Waals surface area (Å²) in [4.78, 5) is 13.5. The number of anilines is 1. The molecule has 1 aliphatic heterocycles. The zero-order valence-electron chi connectivity index (χ0n) is 15.2. The van der Waals surface area contributed by atoms with Gasteiger partial charge in [0.2, 0.25) is 5.13 Å². The Labute approximate surface area is 171 Å². The molecular weight excluding hydrogens is 455 g/mol. The van der Waals surface area contributed by atoms with E-state index in [0.717, 1.165) is 56.1 Å².